The van der Waals surface area contributed by atoms with Gasteiger partial charge in [-0.3, -0.25) is 4.79 Å². The van der Waals surface area contributed by atoms with E-state index in [9.17, 15) is 4.79 Å². The zero-order chi connectivity index (χ0) is 13.0. The van der Waals surface area contributed by atoms with Gasteiger partial charge in [-0.2, -0.15) is 0 Å². The van der Waals surface area contributed by atoms with Crippen LogP contribution in [0.3, 0.4) is 0 Å². The van der Waals surface area contributed by atoms with Crippen molar-refractivity contribution in [2.75, 3.05) is 33.2 Å². The Morgan fingerprint density at radius 2 is 2.06 bits per heavy atom. The second-order valence-electron chi connectivity index (χ2n) is 5.85. The fourth-order valence-electron chi connectivity index (χ4n) is 2.88. The Balaban J connectivity index is 1.74. The van der Waals surface area contributed by atoms with Crippen LogP contribution in [-0.2, 0) is 4.79 Å². The molecule has 2 rings (SSSR count). The van der Waals surface area contributed by atoms with Crippen molar-refractivity contribution in [2.45, 2.75) is 45.1 Å². The molecule has 4 nitrogen and oxygen atoms in total. The number of carbonyl (C=O) groups is 1. The summed E-state index contributed by atoms with van der Waals surface area (Å²) in [6.07, 6.45) is 5.57. The van der Waals surface area contributed by atoms with Gasteiger partial charge in [0.25, 0.3) is 0 Å². The number of carbonyl (C=O) groups excluding carboxylic acids is 1. The summed E-state index contributed by atoms with van der Waals surface area (Å²) in [5.41, 5.74) is -0.108. The average Bonchev–Trinajstić information content (AvgIpc) is 3.23. The summed E-state index contributed by atoms with van der Waals surface area (Å²) in [5.74, 6) is 0.274. The van der Waals surface area contributed by atoms with Gasteiger partial charge in [0.05, 0.1) is 5.41 Å². The topological polar surface area (TPSA) is 44.4 Å². The molecule has 2 N–H and O–H groups in total. The maximum absolute atomic E-state index is 12.4. The Hall–Kier alpha value is -0.610. The minimum absolute atomic E-state index is 0.108. The maximum atomic E-state index is 12.4. The molecule has 1 aliphatic carbocycles. The lowest BCUT2D eigenvalue weighted by Gasteiger charge is -2.35. The SMILES string of the molecule is CCC1(C(=O)NCCN(C)C2CC2)CCNCC1. The number of likely N-dealkylation sites (N-methyl/N-ethyl adjacent to an activating group) is 1. The van der Waals surface area contributed by atoms with E-state index in [1.165, 1.54) is 12.8 Å². The number of piperidine rings is 1. The molecule has 1 amide bonds. The van der Waals surface area contributed by atoms with E-state index in [-0.39, 0.29) is 11.3 Å². The average molecular weight is 253 g/mol. The second kappa shape index (κ2) is 6.02. The van der Waals surface area contributed by atoms with Crippen LogP contribution in [0.25, 0.3) is 0 Å². The van der Waals surface area contributed by atoms with Crippen LogP contribution < -0.4 is 10.6 Å². The summed E-state index contributed by atoms with van der Waals surface area (Å²) in [6, 6.07) is 0.779. The molecule has 1 saturated carbocycles. The Morgan fingerprint density at radius 1 is 1.39 bits per heavy atom. The molecule has 1 heterocycles. The van der Waals surface area contributed by atoms with Crippen molar-refractivity contribution >= 4 is 5.91 Å². The van der Waals surface area contributed by atoms with Crippen molar-refractivity contribution in [3.05, 3.63) is 0 Å². The number of nitrogens with one attached hydrogen (secondary N) is 2. The third-order valence-corrected chi connectivity index (χ3v) is 4.64. The van der Waals surface area contributed by atoms with E-state index in [1.807, 2.05) is 0 Å². The Kier molecular flexibility index (Phi) is 4.62. The predicted octanol–water partition coefficient (Wildman–Crippen LogP) is 0.977. The Labute approximate surface area is 110 Å². The molecule has 0 aromatic rings. The van der Waals surface area contributed by atoms with Crippen LogP contribution in [0.1, 0.15) is 39.0 Å². The van der Waals surface area contributed by atoms with Crippen LogP contribution in [0, 0.1) is 5.41 Å². The number of hydrogen-bond donors (Lipinski definition) is 2. The van der Waals surface area contributed by atoms with Crippen LogP contribution >= 0.6 is 0 Å². The molecule has 0 radical (unpaired) electrons. The van der Waals surface area contributed by atoms with Crippen molar-refractivity contribution in [3.63, 3.8) is 0 Å². The zero-order valence-corrected chi connectivity index (χ0v) is 11.8. The van der Waals surface area contributed by atoms with Crippen molar-refractivity contribution < 1.29 is 4.79 Å². The fourth-order valence-corrected chi connectivity index (χ4v) is 2.88. The summed E-state index contributed by atoms with van der Waals surface area (Å²) < 4.78 is 0. The van der Waals surface area contributed by atoms with E-state index in [4.69, 9.17) is 0 Å². The molecule has 0 spiro atoms. The highest BCUT2D eigenvalue weighted by atomic mass is 16.2. The van der Waals surface area contributed by atoms with Crippen LogP contribution in [0.4, 0.5) is 0 Å². The summed E-state index contributed by atoms with van der Waals surface area (Å²) in [4.78, 5) is 14.7. The van der Waals surface area contributed by atoms with Crippen molar-refractivity contribution in [2.24, 2.45) is 5.41 Å². The fraction of sp³-hybridized carbons (Fsp3) is 0.929. The third-order valence-electron chi connectivity index (χ3n) is 4.64. The highest BCUT2D eigenvalue weighted by molar-refractivity contribution is 5.82. The lowest BCUT2D eigenvalue weighted by atomic mass is 9.76. The molecule has 0 bridgehead atoms. The van der Waals surface area contributed by atoms with Gasteiger partial charge in [0, 0.05) is 19.1 Å². The van der Waals surface area contributed by atoms with Gasteiger partial charge in [0.1, 0.15) is 0 Å². The molecule has 0 atom stereocenters. The molecule has 0 aromatic heterocycles. The number of rotatable bonds is 6. The van der Waals surface area contributed by atoms with Gasteiger partial charge >= 0.3 is 0 Å². The molecule has 2 fully saturated rings. The Morgan fingerprint density at radius 3 is 2.61 bits per heavy atom. The second-order valence-corrected chi connectivity index (χ2v) is 5.85. The molecule has 0 aromatic carbocycles. The van der Waals surface area contributed by atoms with Gasteiger partial charge in [0.15, 0.2) is 0 Å². The van der Waals surface area contributed by atoms with E-state index in [0.29, 0.717) is 0 Å². The number of nitrogens with zero attached hydrogens (tertiary/aromatic N) is 1. The third kappa shape index (κ3) is 3.23. The summed E-state index contributed by atoms with van der Waals surface area (Å²) in [7, 11) is 2.16. The summed E-state index contributed by atoms with van der Waals surface area (Å²) in [6.45, 7) is 5.86. The van der Waals surface area contributed by atoms with Gasteiger partial charge in [-0.05, 0) is 52.2 Å². The van der Waals surface area contributed by atoms with Crippen molar-refractivity contribution in [1.29, 1.82) is 0 Å². The molecule has 1 aliphatic heterocycles. The minimum atomic E-state index is -0.108. The smallest absolute Gasteiger partial charge is 0.226 e. The molecule has 2 aliphatic rings. The highest BCUT2D eigenvalue weighted by Crippen LogP contribution is 2.32. The monoisotopic (exact) mass is 253 g/mol. The lowest BCUT2D eigenvalue weighted by molar-refractivity contribution is -0.132. The van der Waals surface area contributed by atoms with Crippen LogP contribution in [0.5, 0.6) is 0 Å². The van der Waals surface area contributed by atoms with Gasteiger partial charge < -0.3 is 15.5 Å². The van der Waals surface area contributed by atoms with E-state index in [0.717, 1.165) is 51.5 Å². The van der Waals surface area contributed by atoms with Crippen LogP contribution in [0.15, 0.2) is 0 Å². The summed E-state index contributed by atoms with van der Waals surface area (Å²) in [5, 5.41) is 6.49. The first kappa shape index (κ1) is 13.8. The number of amides is 1. The minimum Gasteiger partial charge on any atom is -0.354 e. The molecule has 104 valence electrons. The van der Waals surface area contributed by atoms with Gasteiger partial charge in [-0.15, -0.1) is 0 Å². The Bertz CT molecular complexity index is 283. The van der Waals surface area contributed by atoms with E-state index in [1.54, 1.807) is 0 Å². The van der Waals surface area contributed by atoms with Gasteiger partial charge in [-0.25, -0.2) is 0 Å². The first-order valence-corrected chi connectivity index (χ1v) is 7.37. The van der Waals surface area contributed by atoms with E-state index in [2.05, 4.69) is 29.5 Å². The maximum Gasteiger partial charge on any atom is 0.226 e. The van der Waals surface area contributed by atoms with Crippen molar-refractivity contribution in [3.8, 4) is 0 Å². The largest absolute Gasteiger partial charge is 0.354 e. The lowest BCUT2D eigenvalue weighted by Crippen LogP contribution is -2.48. The standard InChI is InChI=1S/C14H27N3O/c1-3-14(6-8-15-9-7-14)13(18)16-10-11-17(2)12-4-5-12/h12,15H,3-11H2,1-2H3,(H,16,18). The predicted molar refractivity (Wildman–Crippen MR) is 73.5 cm³/mol. The quantitative estimate of drug-likeness (QED) is 0.741. The molecular weight excluding hydrogens is 226 g/mol. The molecular formula is C14H27N3O. The molecule has 1 saturated heterocycles. The number of hydrogen-bond acceptors (Lipinski definition) is 3. The molecule has 4 heteroatoms. The first-order valence-electron chi connectivity index (χ1n) is 7.37. The van der Waals surface area contributed by atoms with E-state index >= 15 is 0 Å². The van der Waals surface area contributed by atoms with Crippen LogP contribution in [0.2, 0.25) is 0 Å². The molecule has 0 unspecified atom stereocenters. The summed E-state index contributed by atoms with van der Waals surface area (Å²) >= 11 is 0. The van der Waals surface area contributed by atoms with Gasteiger partial charge in [-0.1, -0.05) is 6.92 Å². The highest BCUT2D eigenvalue weighted by Gasteiger charge is 2.37. The van der Waals surface area contributed by atoms with Crippen LogP contribution in [-0.4, -0.2) is 50.1 Å². The van der Waals surface area contributed by atoms with Gasteiger partial charge in [0.2, 0.25) is 5.91 Å². The zero-order valence-electron chi connectivity index (χ0n) is 11.8. The first-order chi connectivity index (χ1) is 8.68. The van der Waals surface area contributed by atoms with Crippen molar-refractivity contribution in [1.82, 2.24) is 15.5 Å². The normalized spacial score (nSPS) is 23.1. The molecule has 18 heavy (non-hydrogen) atoms. The van der Waals surface area contributed by atoms with E-state index < -0.39 is 0 Å².